The van der Waals surface area contributed by atoms with Crippen molar-refractivity contribution in [1.29, 1.82) is 0 Å². The molecular formula is C30H24IrN2-2. The topological polar surface area (TPSA) is 25.8 Å². The van der Waals surface area contributed by atoms with Gasteiger partial charge in [0.15, 0.2) is 0 Å². The number of rotatable bonds is 3. The molecule has 2 aromatic heterocycles. The van der Waals surface area contributed by atoms with E-state index in [4.69, 9.17) is 0 Å². The molecular weight excluding hydrogens is 581 g/mol. The summed E-state index contributed by atoms with van der Waals surface area (Å²) in [5.74, 6) is 0. The third-order valence-electron chi connectivity index (χ3n) is 4.98. The van der Waals surface area contributed by atoms with Crippen LogP contribution in [0.2, 0.25) is 0 Å². The maximum atomic E-state index is 4.41. The van der Waals surface area contributed by atoms with E-state index in [0.29, 0.717) is 0 Å². The van der Waals surface area contributed by atoms with Crippen LogP contribution >= 0.6 is 0 Å². The van der Waals surface area contributed by atoms with E-state index < -0.39 is 0 Å². The fourth-order valence-electron chi connectivity index (χ4n) is 3.32. The van der Waals surface area contributed by atoms with Crippen molar-refractivity contribution in [2.45, 2.75) is 13.8 Å². The number of benzene rings is 3. The van der Waals surface area contributed by atoms with Crippen LogP contribution in [-0.4, -0.2) is 9.97 Å². The van der Waals surface area contributed by atoms with Crippen LogP contribution < -0.4 is 0 Å². The average molecular weight is 605 g/mol. The van der Waals surface area contributed by atoms with Crippen LogP contribution in [0, 0.1) is 26.0 Å². The first kappa shape index (κ1) is 24.3. The summed E-state index contributed by atoms with van der Waals surface area (Å²) in [7, 11) is 0. The third kappa shape index (κ3) is 6.79. The summed E-state index contributed by atoms with van der Waals surface area (Å²) in [5, 5.41) is 0. The normalized spacial score (nSPS) is 9.88. The molecule has 0 aliphatic heterocycles. The molecule has 0 aliphatic rings. The number of hydrogen-bond acceptors (Lipinski definition) is 2. The smallest absolute Gasteiger partial charge is 0.0266 e. The minimum Gasteiger partial charge on any atom is -0.305 e. The van der Waals surface area contributed by atoms with Crippen molar-refractivity contribution in [3.05, 3.63) is 133 Å². The van der Waals surface area contributed by atoms with Gasteiger partial charge in [0.1, 0.15) is 0 Å². The molecule has 33 heavy (non-hydrogen) atoms. The van der Waals surface area contributed by atoms with Crippen molar-refractivity contribution < 1.29 is 20.1 Å². The Kier molecular flexibility index (Phi) is 8.83. The van der Waals surface area contributed by atoms with E-state index in [1.165, 1.54) is 16.7 Å². The minimum atomic E-state index is 0. The molecule has 165 valence electrons. The Bertz CT molecular complexity index is 1270. The van der Waals surface area contributed by atoms with Crippen molar-refractivity contribution in [3.8, 4) is 33.6 Å². The summed E-state index contributed by atoms with van der Waals surface area (Å²) in [5.41, 5.74) is 8.68. The molecule has 3 heteroatoms. The van der Waals surface area contributed by atoms with Gasteiger partial charge in [0.25, 0.3) is 0 Å². The summed E-state index contributed by atoms with van der Waals surface area (Å²) in [6, 6.07) is 41.0. The van der Waals surface area contributed by atoms with Gasteiger partial charge in [-0.1, -0.05) is 65.2 Å². The van der Waals surface area contributed by atoms with Gasteiger partial charge in [0, 0.05) is 32.0 Å². The SMILES string of the molecule is Cc1cccc(-c2[c-]cccc2)n1.Cc1ccnc(-c2[c-]cc(-c3ccccc3)cc2)c1.[Ir]. The van der Waals surface area contributed by atoms with Gasteiger partial charge in [0.2, 0.25) is 0 Å². The van der Waals surface area contributed by atoms with Gasteiger partial charge < -0.3 is 9.97 Å². The molecule has 0 saturated carbocycles. The Balaban J connectivity index is 0.000000192. The van der Waals surface area contributed by atoms with E-state index in [0.717, 1.165) is 28.2 Å². The van der Waals surface area contributed by atoms with Gasteiger partial charge in [-0.2, -0.15) is 0 Å². The number of nitrogens with zero attached hydrogens (tertiary/aromatic N) is 2. The quantitative estimate of drug-likeness (QED) is 0.201. The molecule has 0 spiro atoms. The Labute approximate surface area is 209 Å². The van der Waals surface area contributed by atoms with Crippen LogP contribution in [0.1, 0.15) is 11.3 Å². The zero-order chi connectivity index (χ0) is 22.2. The second kappa shape index (κ2) is 12.0. The minimum absolute atomic E-state index is 0. The van der Waals surface area contributed by atoms with E-state index in [1.807, 2.05) is 85.9 Å². The van der Waals surface area contributed by atoms with E-state index >= 15 is 0 Å². The molecule has 5 rings (SSSR count). The van der Waals surface area contributed by atoms with Gasteiger partial charge in [-0.05, 0) is 37.4 Å². The molecule has 0 amide bonds. The van der Waals surface area contributed by atoms with Crippen molar-refractivity contribution in [1.82, 2.24) is 9.97 Å². The molecule has 3 aromatic carbocycles. The van der Waals surface area contributed by atoms with Gasteiger partial charge in [-0.15, -0.1) is 65.7 Å². The van der Waals surface area contributed by atoms with Gasteiger partial charge >= 0.3 is 0 Å². The summed E-state index contributed by atoms with van der Waals surface area (Å²) >= 11 is 0. The Morgan fingerprint density at radius 2 is 1.42 bits per heavy atom. The molecule has 0 fully saturated rings. The van der Waals surface area contributed by atoms with E-state index in [9.17, 15) is 0 Å². The number of aromatic nitrogens is 2. The van der Waals surface area contributed by atoms with E-state index in [2.05, 4.69) is 59.4 Å². The van der Waals surface area contributed by atoms with E-state index in [1.54, 1.807) is 0 Å². The van der Waals surface area contributed by atoms with Gasteiger partial charge in [-0.25, -0.2) is 0 Å². The Morgan fingerprint density at radius 3 is 2.09 bits per heavy atom. The second-order valence-electron chi connectivity index (χ2n) is 7.52. The van der Waals surface area contributed by atoms with Crippen LogP contribution in [0.5, 0.6) is 0 Å². The number of pyridine rings is 2. The fourth-order valence-corrected chi connectivity index (χ4v) is 3.32. The number of hydrogen-bond donors (Lipinski definition) is 0. The van der Waals surface area contributed by atoms with Crippen molar-refractivity contribution >= 4 is 0 Å². The van der Waals surface area contributed by atoms with Gasteiger partial charge in [0.05, 0.1) is 0 Å². The zero-order valence-electron chi connectivity index (χ0n) is 18.6. The molecule has 1 radical (unpaired) electrons. The van der Waals surface area contributed by atoms with Gasteiger partial charge in [-0.3, -0.25) is 0 Å². The maximum absolute atomic E-state index is 4.41. The molecule has 0 aliphatic carbocycles. The predicted molar refractivity (Wildman–Crippen MR) is 132 cm³/mol. The fraction of sp³-hybridized carbons (Fsp3) is 0.0667. The summed E-state index contributed by atoms with van der Waals surface area (Å²) in [4.78, 5) is 8.79. The second-order valence-corrected chi connectivity index (χ2v) is 7.52. The number of aryl methyl sites for hydroxylation is 2. The van der Waals surface area contributed by atoms with Crippen LogP contribution in [0.3, 0.4) is 0 Å². The molecule has 2 nitrogen and oxygen atoms in total. The molecule has 5 aromatic rings. The largest absolute Gasteiger partial charge is 0.305 e. The van der Waals surface area contributed by atoms with Crippen LogP contribution in [0.25, 0.3) is 33.6 Å². The molecule has 0 atom stereocenters. The first-order chi connectivity index (χ1) is 15.7. The zero-order valence-corrected chi connectivity index (χ0v) is 21.0. The van der Waals surface area contributed by atoms with E-state index in [-0.39, 0.29) is 20.1 Å². The van der Waals surface area contributed by atoms with Crippen molar-refractivity contribution in [2.24, 2.45) is 0 Å². The Morgan fingerprint density at radius 1 is 0.636 bits per heavy atom. The molecule has 0 unspecified atom stereocenters. The summed E-state index contributed by atoms with van der Waals surface area (Å²) < 4.78 is 0. The molecule has 0 N–H and O–H groups in total. The maximum Gasteiger partial charge on any atom is 0.0266 e. The molecule has 0 saturated heterocycles. The standard InChI is InChI=1S/C18H14N.C12H10N.Ir/c1-14-11-12-19-18(13-14)17-9-7-16(8-10-17)15-5-3-2-4-6-15;1-10-6-5-9-12(13-10)11-7-3-2-4-8-11;/h2-9,11-13H,1H3;2-7,9H,1H3;/q2*-1;. The predicted octanol–water partition coefficient (Wildman–Crippen LogP) is 7.38. The first-order valence-corrected chi connectivity index (χ1v) is 10.6. The van der Waals surface area contributed by atoms with Crippen molar-refractivity contribution in [2.75, 3.05) is 0 Å². The molecule has 2 heterocycles. The monoisotopic (exact) mass is 605 g/mol. The van der Waals surface area contributed by atoms with Crippen molar-refractivity contribution in [3.63, 3.8) is 0 Å². The van der Waals surface area contributed by atoms with Crippen LogP contribution in [-0.2, 0) is 20.1 Å². The summed E-state index contributed by atoms with van der Waals surface area (Å²) in [6.07, 6.45) is 1.84. The first-order valence-electron chi connectivity index (χ1n) is 10.6. The average Bonchev–Trinajstić information content (AvgIpc) is 2.86. The molecule has 0 bridgehead atoms. The summed E-state index contributed by atoms with van der Waals surface area (Å²) in [6.45, 7) is 4.07. The third-order valence-corrected chi connectivity index (χ3v) is 4.98. The van der Waals surface area contributed by atoms with Crippen LogP contribution in [0.4, 0.5) is 0 Å². The Hall–Kier alpha value is -3.39. The van der Waals surface area contributed by atoms with Crippen LogP contribution in [0.15, 0.2) is 109 Å².